The van der Waals surface area contributed by atoms with E-state index >= 15 is 0 Å². The molecule has 0 saturated heterocycles. The molecule has 136 valence electrons. The fourth-order valence-electron chi connectivity index (χ4n) is 2.99. The fourth-order valence-corrected chi connectivity index (χ4v) is 2.99. The van der Waals surface area contributed by atoms with E-state index in [1.54, 1.807) is 12.1 Å². The summed E-state index contributed by atoms with van der Waals surface area (Å²) in [5.74, 6) is 1.65. The maximum atomic E-state index is 10.4. The van der Waals surface area contributed by atoms with Crippen LogP contribution in [0.4, 0.5) is 0 Å². The number of aliphatic hydroxyl groups excluding tert-OH is 1. The maximum absolute atomic E-state index is 10.4. The summed E-state index contributed by atoms with van der Waals surface area (Å²) in [5, 5.41) is 23.0. The third-order valence-electron chi connectivity index (χ3n) is 4.79. The van der Waals surface area contributed by atoms with Gasteiger partial charge < -0.3 is 15.5 Å². The Morgan fingerprint density at radius 2 is 1.83 bits per heavy atom. The van der Waals surface area contributed by atoms with E-state index in [0.29, 0.717) is 5.92 Å². The summed E-state index contributed by atoms with van der Waals surface area (Å²) < 4.78 is 0. The van der Waals surface area contributed by atoms with E-state index < -0.39 is 0 Å². The first-order valence-electron chi connectivity index (χ1n) is 9.26. The van der Waals surface area contributed by atoms with Crippen LogP contribution in [0.2, 0.25) is 0 Å². The van der Waals surface area contributed by atoms with Gasteiger partial charge in [0.15, 0.2) is 0 Å². The average molecular weight is 334 g/mol. The molecule has 0 heterocycles. The van der Waals surface area contributed by atoms with E-state index in [-0.39, 0.29) is 17.9 Å². The lowest BCUT2D eigenvalue weighted by molar-refractivity contribution is 0.122. The number of hydrogen-bond donors (Lipinski definition) is 3. The van der Waals surface area contributed by atoms with Crippen molar-refractivity contribution in [2.75, 3.05) is 7.05 Å². The third kappa shape index (κ3) is 7.98. The Morgan fingerprint density at radius 3 is 2.42 bits per heavy atom. The van der Waals surface area contributed by atoms with Crippen molar-refractivity contribution in [2.45, 2.75) is 65.0 Å². The number of aliphatic hydroxyl groups is 1. The highest BCUT2D eigenvalue weighted by molar-refractivity contribution is 5.26. The molecule has 3 N–H and O–H groups in total. The molecule has 0 bridgehead atoms. The van der Waals surface area contributed by atoms with Gasteiger partial charge in [-0.05, 0) is 62.3 Å². The number of benzene rings is 1. The second-order valence-electron chi connectivity index (χ2n) is 7.06. The van der Waals surface area contributed by atoms with Gasteiger partial charge in [-0.1, -0.05) is 51.5 Å². The minimum atomic E-state index is -0.377. The Labute approximate surface area is 147 Å². The van der Waals surface area contributed by atoms with E-state index in [2.05, 4.69) is 38.2 Å². The van der Waals surface area contributed by atoms with Gasteiger partial charge in [-0.3, -0.25) is 0 Å². The van der Waals surface area contributed by atoms with Gasteiger partial charge in [0.2, 0.25) is 0 Å². The Morgan fingerprint density at radius 1 is 1.17 bits per heavy atom. The number of phenols is 1. The molecule has 0 aliphatic carbocycles. The molecule has 0 aromatic heterocycles. The molecule has 0 amide bonds. The molecule has 0 radical (unpaired) electrons. The predicted octanol–water partition coefficient (Wildman–Crippen LogP) is 4.29. The summed E-state index contributed by atoms with van der Waals surface area (Å²) in [6.07, 6.45) is 9.00. The summed E-state index contributed by atoms with van der Waals surface area (Å²) in [7, 11) is 1.89. The van der Waals surface area contributed by atoms with Crippen molar-refractivity contribution in [3.8, 4) is 5.75 Å². The first kappa shape index (κ1) is 20.7. The van der Waals surface area contributed by atoms with Crippen LogP contribution in [0, 0.1) is 11.8 Å². The van der Waals surface area contributed by atoms with E-state index in [1.165, 1.54) is 12.8 Å². The van der Waals surface area contributed by atoms with Crippen LogP contribution < -0.4 is 5.32 Å². The maximum Gasteiger partial charge on any atom is 0.115 e. The monoisotopic (exact) mass is 333 g/mol. The van der Waals surface area contributed by atoms with Crippen LogP contribution in [0.5, 0.6) is 5.75 Å². The highest BCUT2D eigenvalue weighted by Crippen LogP contribution is 2.17. The molecule has 3 heteroatoms. The molecule has 1 rings (SSSR count). The van der Waals surface area contributed by atoms with Crippen LogP contribution in [0.3, 0.4) is 0 Å². The van der Waals surface area contributed by atoms with Crippen LogP contribution in [-0.4, -0.2) is 29.4 Å². The van der Waals surface area contributed by atoms with Crippen molar-refractivity contribution in [2.24, 2.45) is 11.8 Å². The fraction of sp³-hybridized carbons (Fsp3) is 0.619. The van der Waals surface area contributed by atoms with Gasteiger partial charge in [0, 0.05) is 6.04 Å². The van der Waals surface area contributed by atoms with Crippen LogP contribution in [0.1, 0.15) is 52.0 Å². The summed E-state index contributed by atoms with van der Waals surface area (Å²) in [6, 6.07) is 7.22. The first-order chi connectivity index (χ1) is 11.5. The standard InChI is InChI=1S/C21H35NO2/c1-5-16(2)14-17(3)8-6-7-9-21(24)20(22-4)15-18-10-12-19(23)13-11-18/h6,8,10-13,16-17,20-24H,5,7,9,14-15H2,1-4H3/t16-,17+,20+,21+/m0/s1. The molecule has 3 nitrogen and oxygen atoms in total. The summed E-state index contributed by atoms with van der Waals surface area (Å²) >= 11 is 0. The minimum Gasteiger partial charge on any atom is -0.508 e. The van der Waals surface area contributed by atoms with Crippen molar-refractivity contribution in [3.63, 3.8) is 0 Å². The van der Waals surface area contributed by atoms with Crippen LogP contribution in [0.25, 0.3) is 0 Å². The molecule has 0 spiro atoms. The lowest BCUT2D eigenvalue weighted by Gasteiger charge is -2.22. The topological polar surface area (TPSA) is 52.5 Å². The van der Waals surface area contributed by atoms with Crippen molar-refractivity contribution in [1.82, 2.24) is 5.32 Å². The van der Waals surface area contributed by atoms with Crippen LogP contribution >= 0.6 is 0 Å². The Balaban J connectivity index is 2.38. The molecule has 0 aliphatic heterocycles. The number of likely N-dealkylation sites (N-methyl/N-ethyl adjacent to an activating group) is 1. The number of hydrogen-bond acceptors (Lipinski definition) is 3. The lowest BCUT2D eigenvalue weighted by atomic mass is 9.94. The molecular weight excluding hydrogens is 298 g/mol. The van der Waals surface area contributed by atoms with Crippen molar-refractivity contribution in [3.05, 3.63) is 42.0 Å². The first-order valence-corrected chi connectivity index (χ1v) is 9.26. The van der Waals surface area contributed by atoms with Crippen molar-refractivity contribution < 1.29 is 10.2 Å². The SMILES string of the molecule is CC[C@H](C)C[C@H](C)C=CCC[C@@H](O)[C@@H](Cc1ccc(O)cc1)NC. The molecule has 0 fully saturated rings. The Bertz CT molecular complexity index is 469. The lowest BCUT2D eigenvalue weighted by Crippen LogP contribution is -2.39. The largest absolute Gasteiger partial charge is 0.508 e. The smallest absolute Gasteiger partial charge is 0.115 e. The van der Waals surface area contributed by atoms with Gasteiger partial charge >= 0.3 is 0 Å². The van der Waals surface area contributed by atoms with Gasteiger partial charge in [-0.15, -0.1) is 0 Å². The van der Waals surface area contributed by atoms with E-state index in [0.717, 1.165) is 30.7 Å². The summed E-state index contributed by atoms with van der Waals surface area (Å²) in [6.45, 7) is 6.80. The quantitative estimate of drug-likeness (QED) is 0.529. The number of phenolic OH excluding ortho intramolecular Hbond substituents is 1. The van der Waals surface area contributed by atoms with Crippen LogP contribution in [0.15, 0.2) is 36.4 Å². The summed E-state index contributed by atoms with van der Waals surface area (Å²) in [4.78, 5) is 0. The van der Waals surface area contributed by atoms with Gasteiger partial charge in [-0.25, -0.2) is 0 Å². The number of allylic oxidation sites excluding steroid dienone is 2. The van der Waals surface area contributed by atoms with Gasteiger partial charge in [-0.2, -0.15) is 0 Å². The molecule has 0 saturated carbocycles. The number of rotatable bonds is 11. The minimum absolute atomic E-state index is 0.0282. The molecule has 4 atom stereocenters. The van der Waals surface area contributed by atoms with Gasteiger partial charge in [0.25, 0.3) is 0 Å². The second-order valence-corrected chi connectivity index (χ2v) is 7.06. The predicted molar refractivity (Wildman–Crippen MR) is 102 cm³/mol. The van der Waals surface area contributed by atoms with Gasteiger partial charge in [0.05, 0.1) is 6.10 Å². The molecule has 0 unspecified atom stereocenters. The normalized spacial score (nSPS) is 16.9. The van der Waals surface area contributed by atoms with Gasteiger partial charge in [0.1, 0.15) is 5.75 Å². The number of nitrogens with one attached hydrogen (secondary N) is 1. The number of aromatic hydroxyl groups is 1. The Kier molecular flexibility index (Phi) is 9.73. The van der Waals surface area contributed by atoms with E-state index in [9.17, 15) is 10.2 Å². The zero-order chi connectivity index (χ0) is 17.9. The summed E-state index contributed by atoms with van der Waals surface area (Å²) in [5.41, 5.74) is 1.11. The highest BCUT2D eigenvalue weighted by atomic mass is 16.3. The third-order valence-corrected chi connectivity index (χ3v) is 4.79. The van der Waals surface area contributed by atoms with E-state index in [1.807, 2.05) is 19.2 Å². The highest BCUT2D eigenvalue weighted by Gasteiger charge is 2.17. The Hall–Kier alpha value is -1.32. The second kappa shape index (κ2) is 11.3. The van der Waals surface area contributed by atoms with Crippen LogP contribution in [-0.2, 0) is 6.42 Å². The van der Waals surface area contributed by atoms with E-state index in [4.69, 9.17) is 0 Å². The van der Waals surface area contributed by atoms with Crippen molar-refractivity contribution in [1.29, 1.82) is 0 Å². The zero-order valence-electron chi connectivity index (χ0n) is 15.7. The molecule has 0 aliphatic rings. The average Bonchev–Trinajstić information content (AvgIpc) is 2.57. The zero-order valence-corrected chi connectivity index (χ0v) is 15.7. The van der Waals surface area contributed by atoms with Crippen molar-refractivity contribution >= 4 is 0 Å². The molecule has 1 aromatic rings. The molecular formula is C21H35NO2. The molecule has 1 aromatic carbocycles. The molecule has 24 heavy (non-hydrogen) atoms.